The normalized spacial score (nSPS) is 20.8. The van der Waals surface area contributed by atoms with Crippen LogP contribution in [0, 0.1) is 0 Å². The van der Waals surface area contributed by atoms with Crippen molar-refractivity contribution in [2.24, 2.45) is 0 Å². The van der Waals surface area contributed by atoms with Crippen LogP contribution in [0.1, 0.15) is 47.2 Å². The zero-order valence-electron chi connectivity index (χ0n) is 35.0. The summed E-state index contributed by atoms with van der Waals surface area (Å²) in [6.45, 7) is 9.98. The summed E-state index contributed by atoms with van der Waals surface area (Å²) in [6.07, 6.45) is -5.01. The van der Waals surface area contributed by atoms with Crippen LogP contribution in [0.3, 0.4) is 0 Å². The minimum atomic E-state index is -2.56. The van der Waals surface area contributed by atoms with Crippen LogP contribution in [0.2, 0.25) is 23.2 Å². The zero-order valence-corrected chi connectivity index (χ0v) is 36.8. The molecule has 0 saturated carbocycles. The summed E-state index contributed by atoms with van der Waals surface area (Å²) >= 11 is 6.92. The summed E-state index contributed by atoms with van der Waals surface area (Å²) in [7, 11) is 0.927. The minimum absolute atomic E-state index is 0.000930. The summed E-state index contributed by atoms with van der Waals surface area (Å²) in [5.74, 6) is -1.16. The highest BCUT2D eigenvalue weighted by Crippen LogP contribution is 2.45. The van der Waals surface area contributed by atoms with Crippen LogP contribution >= 0.6 is 11.6 Å². The maximum atomic E-state index is 12.8. The summed E-state index contributed by atoms with van der Waals surface area (Å²) in [5, 5.41) is 0.543. The molecule has 6 rings (SSSR count). The number of benzene rings is 5. The Morgan fingerprint density at radius 2 is 1.27 bits per heavy atom. The van der Waals surface area contributed by atoms with Crippen molar-refractivity contribution in [3.8, 4) is 5.75 Å². The Morgan fingerprint density at radius 1 is 0.717 bits per heavy atom. The number of ether oxygens (including phenoxy) is 7. The standard InChI is InChI=1S/C49H56ClF2O7Si/c1-48(2,60(4)5)34-54-32-43-45(56-29-36-15-9-6-10-16-36)46(57-30-37-17-11-7-12-18-37)47(58-31-38-19-13-8-14-20-38)49(53-3,59-43)40-23-26-42(50)39(28-40)27-35-21-24-41(25-22-35)55-33-44(51)52/h6-26,28,43-47H,27,29-34H2,1-5H3/t43-,45-,46+,47-,49+/m1/s1. The molecule has 0 unspecified atom stereocenters. The van der Waals surface area contributed by atoms with E-state index >= 15 is 0 Å². The number of methoxy groups -OCH3 is 1. The Labute approximate surface area is 360 Å². The van der Waals surface area contributed by atoms with Crippen LogP contribution in [-0.4, -0.2) is 66.6 Å². The number of rotatable bonds is 21. The van der Waals surface area contributed by atoms with E-state index in [-0.39, 0.29) is 24.9 Å². The van der Waals surface area contributed by atoms with E-state index in [0.717, 1.165) is 27.8 Å². The second kappa shape index (κ2) is 21.7. The van der Waals surface area contributed by atoms with Crippen LogP contribution in [0.4, 0.5) is 8.78 Å². The molecule has 60 heavy (non-hydrogen) atoms. The van der Waals surface area contributed by atoms with Crippen LogP contribution in [0.15, 0.2) is 133 Å². The van der Waals surface area contributed by atoms with Gasteiger partial charge in [0, 0.05) is 24.3 Å². The third kappa shape index (κ3) is 12.1. The van der Waals surface area contributed by atoms with Crippen LogP contribution in [-0.2, 0) is 60.4 Å². The first-order valence-corrected chi connectivity index (χ1v) is 23.2. The molecule has 0 amide bonds. The van der Waals surface area contributed by atoms with Crippen molar-refractivity contribution >= 4 is 20.4 Å². The lowest BCUT2D eigenvalue weighted by atomic mass is 9.86. The van der Waals surface area contributed by atoms with Gasteiger partial charge in [-0.2, -0.15) is 0 Å². The molecule has 1 aliphatic heterocycles. The highest BCUT2D eigenvalue weighted by Gasteiger charge is 2.58. The lowest BCUT2D eigenvalue weighted by Crippen LogP contribution is -2.66. The molecule has 0 spiro atoms. The lowest BCUT2D eigenvalue weighted by molar-refractivity contribution is -0.385. The van der Waals surface area contributed by atoms with Gasteiger partial charge in [-0.25, -0.2) is 8.78 Å². The van der Waals surface area contributed by atoms with E-state index in [9.17, 15) is 8.78 Å². The van der Waals surface area contributed by atoms with Crippen LogP contribution in [0.25, 0.3) is 0 Å². The minimum Gasteiger partial charge on any atom is -0.488 e. The molecule has 5 aromatic rings. The maximum Gasteiger partial charge on any atom is 0.272 e. The van der Waals surface area contributed by atoms with E-state index in [1.165, 1.54) is 0 Å². The van der Waals surface area contributed by atoms with Crippen LogP contribution in [0.5, 0.6) is 5.75 Å². The first kappa shape index (κ1) is 45.6. The molecule has 5 aromatic carbocycles. The monoisotopic (exact) mass is 857 g/mol. The van der Waals surface area contributed by atoms with E-state index < -0.39 is 52.0 Å². The predicted octanol–water partition coefficient (Wildman–Crippen LogP) is 11.1. The third-order valence-electron chi connectivity index (χ3n) is 11.1. The topological polar surface area (TPSA) is 64.6 Å². The molecule has 7 nitrogen and oxygen atoms in total. The van der Waals surface area contributed by atoms with E-state index in [0.29, 0.717) is 36.0 Å². The molecule has 5 atom stereocenters. The first-order valence-electron chi connectivity index (χ1n) is 20.3. The quantitative estimate of drug-likeness (QED) is 0.0681. The molecule has 0 aromatic heterocycles. The largest absolute Gasteiger partial charge is 0.488 e. The van der Waals surface area contributed by atoms with Crippen molar-refractivity contribution in [1.82, 2.24) is 0 Å². The number of halogens is 3. The van der Waals surface area contributed by atoms with Crippen molar-refractivity contribution in [2.75, 3.05) is 26.9 Å². The van der Waals surface area contributed by atoms with Gasteiger partial charge in [-0.15, -0.1) is 0 Å². The third-order valence-corrected chi connectivity index (χ3v) is 14.3. The Morgan fingerprint density at radius 3 is 1.80 bits per heavy atom. The highest BCUT2D eigenvalue weighted by atomic mass is 35.5. The average Bonchev–Trinajstić information content (AvgIpc) is 3.26. The van der Waals surface area contributed by atoms with Gasteiger partial charge in [0.25, 0.3) is 6.43 Å². The van der Waals surface area contributed by atoms with E-state index in [1.807, 2.05) is 121 Å². The number of alkyl halides is 2. The Bertz CT molecular complexity index is 2020. The molecular formula is C49H56ClF2O7Si. The van der Waals surface area contributed by atoms with Gasteiger partial charge in [0.1, 0.15) is 36.8 Å². The van der Waals surface area contributed by atoms with Crippen molar-refractivity contribution < 1.29 is 41.9 Å². The molecule has 1 radical (unpaired) electrons. The van der Waals surface area contributed by atoms with Gasteiger partial charge in [0.05, 0.1) is 35.2 Å². The fourth-order valence-electron chi connectivity index (χ4n) is 7.07. The molecule has 1 saturated heterocycles. The molecule has 11 heteroatoms. The van der Waals surface area contributed by atoms with Gasteiger partial charge in [-0.1, -0.05) is 148 Å². The summed E-state index contributed by atoms with van der Waals surface area (Å²) < 4.78 is 72.2. The Hall–Kier alpha value is -3.97. The van der Waals surface area contributed by atoms with E-state index in [1.54, 1.807) is 19.2 Å². The van der Waals surface area contributed by atoms with Gasteiger partial charge < -0.3 is 33.2 Å². The molecule has 0 bridgehead atoms. The fraction of sp³-hybridized carbons (Fsp3) is 0.388. The lowest BCUT2D eigenvalue weighted by Gasteiger charge is -2.52. The van der Waals surface area contributed by atoms with Gasteiger partial charge in [-0.05, 0) is 63.5 Å². The molecule has 0 N–H and O–H groups in total. The first-order chi connectivity index (χ1) is 29.0. The van der Waals surface area contributed by atoms with Crippen molar-refractivity contribution in [3.63, 3.8) is 0 Å². The van der Waals surface area contributed by atoms with Gasteiger partial charge in [0.15, 0.2) is 0 Å². The molecule has 0 aliphatic carbocycles. The van der Waals surface area contributed by atoms with Crippen molar-refractivity contribution in [2.45, 2.75) is 94.8 Å². The number of hydrogen-bond donors (Lipinski definition) is 0. The summed E-state index contributed by atoms with van der Waals surface area (Å²) in [5.41, 5.74) is 5.35. The molecule has 319 valence electrons. The average molecular weight is 859 g/mol. The predicted molar refractivity (Wildman–Crippen MR) is 233 cm³/mol. The summed E-state index contributed by atoms with van der Waals surface area (Å²) in [6, 6.07) is 42.8. The maximum absolute atomic E-state index is 12.8. The van der Waals surface area contributed by atoms with Gasteiger partial charge >= 0.3 is 0 Å². The van der Waals surface area contributed by atoms with Crippen molar-refractivity contribution in [1.29, 1.82) is 0 Å². The SMILES string of the molecule is CO[C@@]1(c2ccc(Cl)c(Cc3ccc(OCC(F)F)cc3)c2)O[C@H](COCC(C)(C)[Si](C)C)[C@@H](OCc2ccccc2)[C@H](OCc2ccccc2)[C@H]1OCc1ccccc1. The van der Waals surface area contributed by atoms with Crippen molar-refractivity contribution in [3.05, 3.63) is 172 Å². The zero-order chi connectivity index (χ0) is 42.5. The summed E-state index contributed by atoms with van der Waals surface area (Å²) in [4.78, 5) is 0. The molecule has 1 fully saturated rings. The highest BCUT2D eigenvalue weighted by molar-refractivity contribution is 6.59. The van der Waals surface area contributed by atoms with E-state index in [2.05, 4.69) is 26.9 Å². The van der Waals surface area contributed by atoms with Gasteiger partial charge in [-0.3, -0.25) is 0 Å². The molecule has 1 aliphatic rings. The van der Waals surface area contributed by atoms with E-state index in [4.69, 9.17) is 44.8 Å². The smallest absolute Gasteiger partial charge is 0.272 e. The molecule has 1 heterocycles. The second-order valence-electron chi connectivity index (χ2n) is 16.0. The van der Waals surface area contributed by atoms with Gasteiger partial charge in [0.2, 0.25) is 5.79 Å². The van der Waals surface area contributed by atoms with Crippen LogP contribution < -0.4 is 4.74 Å². The Balaban J connectivity index is 1.43. The molecular weight excluding hydrogens is 802 g/mol. The second-order valence-corrected chi connectivity index (χ2v) is 19.8. The fourth-order valence-corrected chi connectivity index (χ4v) is 7.64. The Kier molecular flexibility index (Phi) is 16.5. The number of hydrogen-bond acceptors (Lipinski definition) is 7.